The van der Waals surface area contributed by atoms with Crippen LogP contribution >= 0.6 is 15.9 Å². The van der Waals surface area contributed by atoms with Gasteiger partial charge in [-0.05, 0) is 18.2 Å². The standard InChI is InChI=1S/C10H7BrF2N2O/c11-6-2-1-3-7(4-6)15-9(16)5-8(14-15)10(12)13/h1-4,10H,5H2. The molecule has 0 radical (unpaired) electrons. The summed E-state index contributed by atoms with van der Waals surface area (Å²) in [4.78, 5) is 11.5. The van der Waals surface area contributed by atoms with Gasteiger partial charge in [0.25, 0.3) is 12.3 Å². The summed E-state index contributed by atoms with van der Waals surface area (Å²) in [6, 6.07) is 6.78. The van der Waals surface area contributed by atoms with Crippen LogP contribution in [0.2, 0.25) is 0 Å². The molecule has 0 fully saturated rings. The van der Waals surface area contributed by atoms with Gasteiger partial charge in [0.1, 0.15) is 5.71 Å². The summed E-state index contributed by atoms with van der Waals surface area (Å²) in [6.45, 7) is 0. The molecule has 0 unspecified atom stereocenters. The highest BCUT2D eigenvalue weighted by Crippen LogP contribution is 2.25. The Bertz CT molecular complexity index is 462. The molecular formula is C10H7BrF2N2O. The lowest BCUT2D eigenvalue weighted by Crippen LogP contribution is -2.19. The number of nitrogens with zero attached hydrogens (tertiary/aromatic N) is 2. The van der Waals surface area contributed by atoms with E-state index in [0.717, 1.165) is 9.48 Å². The number of hydrazone groups is 1. The SMILES string of the molecule is O=C1CC(C(F)F)=NN1c1cccc(Br)c1. The molecule has 16 heavy (non-hydrogen) atoms. The number of rotatable bonds is 2. The molecule has 1 heterocycles. The monoisotopic (exact) mass is 288 g/mol. The van der Waals surface area contributed by atoms with Gasteiger partial charge in [-0.2, -0.15) is 5.10 Å². The Hall–Kier alpha value is -1.30. The van der Waals surface area contributed by atoms with E-state index in [1.54, 1.807) is 24.3 Å². The van der Waals surface area contributed by atoms with Crippen molar-refractivity contribution in [3.05, 3.63) is 28.7 Å². The van der Waals surface area contributed by atoms with Crippen molar-refractivity contribution in [2.24, 2.45) is 5.10 Å². The van der Waals surface area contributed by atoms with E-state index in [1.165, 1.54) is 0 Å². The number of hydrogen-bond donors (Lipinski definition) is 0. The lowest BCUT2D eigenvalue weighted by atomic mass is 10.2. The summed E-state index contributed by atoms with van der Waals surface area (Å²) in [5.41, 5.74) is 0.0972. The lowest BCUT2D eigenvalue weighted by molar-refractivity contribution is -0.117. The topological polar surface area (TPSA) is 32.7 Å². The summed E-state index contributed by atoms with van der Waals surface area (Å²) < 4.78 is 25.5. The quantitative estimate of drug-likeness (QED) is 0.824. The van der Waals surface area contributed by atoms with Crippen molar-refractivity contribution in [2.75, 3.05) is 5.01 Å². The van der Waals surface area contributed by atoms with Gasteiger partial charge in [-0.15, -0.1) is 0 Å². The van der Waals surface area contributed by atoms with Gasteiger partial charge in [0, 0.05) is 4.47 Å². The maximum atomic E-state index is 12.4. The van der Waals surface area contributed by atoms with Gasteiger partial charge in [-0.1, -0.05) is 22.0 Å². The molecule has 1 amide bonds. The van der Waals surface area contributed by atoms with Crippen LogP contribution in [0.4, 0.5) is 14.5 Å². The first-order chi connectivity index (χ1) is 7.58. The van der Waals surface area contributed by atoms with Gasteiger partial charge in [0.2, 0.25) is 0 Å². The first-order valence-corrected chi connectivity index (χ1v) is 5.31. The second kappa shape index (κ2) is 4.29. The highest BCUT2D eigenvalue weighted by atomic mass is 79.9. The van der Waals surface area contributed by atoms with Crippen LogP contribution in [0.1, 0.15) is 6.42 Å². The van der Waals surface area contributed by atoms with Gasteiger partial charge < -0.3 is 0 Å². The van der Waals surface area contributed by atoms with Gasteiger partial charge in [0.05, 0.1) is 12.1 Å². The third kappa shape index (κ3) is 2.11. The largest absolute Gasteiger partial charge is 0.278 e. The summed E-state index contributed by atoms with van der Waals surface area (Å²) >= 11 is 3.24. The van der Waals surface area contributed by atoms with E-state index in [9.17, 15) is 13.6 Å². The lowest BCUT2D eigenvalue weighted by Gasteiger charge is -2.11. The van der Waals surface area contributed by atoms with E-state index < -0.39 is 12.3 Å². The van der Waals surface area contributed by atoms with Crippen molar-refractivity contribution < 1.29 is 13.6 Å². The first-order valence-electron chi connectivity index (χ1n) is 4.52. The number of halogens is 3. The zero-order valence-electron chi connectivity index (χ0n) is 8.03. The Morgan fingerprint density at radius 1 is 1.44 bits per heavy atom. The molecule has 1 aromatic carbocycles. The Labute approximate surface area is 98.9 Å². The van der Waals surface area contributed by atoms with Crippen molar-refractivity contribution in [1.29, 1.82) is 0 Å². The van der Waals surface area contributed by atoms with Crippen molar-refractivity contribution in [1.82, 2.24) is 0 Å². The zero-order valence-corrected chi connectivity index (χ0v) is 9.62. The normalized spacial score (nSPS) is 15.9. The van der Waals surface area contributed by atoms with Crippen LogP contribution in [0.25, 0.3) is 0 Å². The predicted molar refractivity (Wildman–Crippen MR) is 59.7 cm³/mol. The van der Waals surface area contributed by atoms with Crippen LogP contribution in [0.3, 0.4) is 0 Å². The molecule has 84 valence electrons. The molecule has 0 N–H and O–H groups in total. The molecule has 0 spiro atoms. The minimum atomic E-state index is -2.68. The maximum Gasteiger partial charge on any atom is 0.278 e. The molecule has 1 aromatic rings. The van der Waals surface area contributed by atoms with Crippen molar-refractivity contribution in [3.8, 4) is 0 Å². The van der Waals surface area contributed by atoms with Gasteiger partial charge in [0.15, 0.2) is 0 Å². The number of anilines is 1. The maximum absolute atomic E-state index is 12.4. The van der Waals surface area contributed by atoms with Crippen molar-refractivity contribution in [3.63, 3.8) is 0 Å². The van der Waals surface area contributed by atoms with Crippen LogP contribution < -0.4 is 5.01 Å². The molecule has 6 heteroatoms. The first kappa shape index (κ1) is 11.2. The van der Waals surface area contributed by atoms with E-state index in [-0.39, 0.29) is 12.1 Å². The smallest absolute Gasteiger partial charge is 0.272 e. The summed E-state index contributed by atoms with van der Waals surface area (Å²) in [5, 5.41) is 4.62. The average molecular weight is 289 g/mol. The molecule has 0 atom stereocenters. The molecule has 0 saturated heterocycles. The minimum absolute atomic E-state index is 0.315. The number of alkyl halides is 2. The second-order valence-electron chi connectivity index (χ2n) is 3.25. The predicted octanol–water partition coefficient (Wildman–Crippen LogP) is 2.81. The van der Waals surface area contributed by atoms with Crippen LogP contribution in [0.5, 0.6) is 0 Å². The Morgan fingerprint density at radius 3 is 2.75 bits per heavy atom. The Morgan fingerprint density at radius 2 is 2.19 bits per heavy atom. The Balaban J connectivity index is 2.31. The van der Waals surface area contributed by atoms with E-state index in [2.05, 4.69) is 21.0 Å². The molecule has 3 nitrogen and oxygen atoms in total. The number of benzene rings is 1. The number of carbonyl (C=O) groups is 1. The van der Waals surface area contributed by atoms with Crippen LogP contribution in [0.15, 0.2) is 33.8 Å². The fraction of sp³-hybridized carbons (Fsp3) is 0.200. The van der Waals surface area contributed by atoms with Crippen molar-refractivity contribution in [2.45, 2.75) is 12.8 Å². The number of amides is 1. The summed E-state index contributed by atoms with van der Waals surface area (Å²) in [5.74, 6) is -0.437. The van der Waals surface area contributed by atoms with E-state index in [0.29, 0.717) is 5.69 Å². The fourth-order valence-corrected chi connectivity index (χ4v) is 1.77. The van der Waals surface area contributed by atoms with Gasteiger partial charge >= 0.3 is 0 Å². The van der Waals surface area contributed by atoms with E-state index in [1.807, 2.05) is 0 Å². The molecule has 1 aliphatic rings. The number of hydrogen-bond acceptors (Lipinski definition) is 2. The third-order valence-corrected chi connectivity index (χ3v) is 2.59. The summed E-state index contributed by atoms with van der Waals surface area (Å²) in [6.07, 6.45) is -2.99. The van der Waals surface area contributed by atoms with Crippen LogP contribution in [-0.4, -0.2) is 18.0 Å². The number of carbonyl (C=O) groups excluding carboxylic acids is 1. The Kier molecular flexibility index (Phi) is 3.00. The van der Waals surface area contributed by atoms with Gasteiger partial charge in [-0.3, -0.25) is 4.79 Å². The second-order valence-corrected chi connectivity index (χ2v) is 4.17. The summed E-state index contributed by atoms with van der Waals surface area (Å²) in [7, 11) is 0. The van der Waals surface area contributed by atoms with Gasteiger partial charge in [-0.25, -0.2) is 13.8 Å². The molecule has 1 aliphatic heterocycles. The molecule has 0 aliphatic carbocycles. The third-order valence-electron chi connectivity index (χ3n) is 2.10. The van der Waals surface area contributed by atoms with Crippen molar-refractivity contribution >= 4 is 33.2 Å². The van der Waals surface area contributed by atoms with E-state index >= 15 is 0 Å². The van der Waals surface area contributed by atoms with Crippen LogP contribution in [0, 0.1) is 0 Å². The zero-order chi connectivity index (χ0) is 11.7. The molecule has 0 aromatic heterocycles. The minimum Gasteiger partial charge on any atom is -0.272 e. The van der Waals surface area contributed by atoms with E-state index in [4.69, 9.17) is 0 Å². The molecule has 2 rings (SSSR count). The average Bonchev–Trinajstić information content (AvgIpc) is 2.60. The van der Waals surface area contributed by atoms with Crippen LogP contribution in [-0.2, 0) is 4.79 Å². The highest BCUT2D eigenvalue weighted by Gasteiger charge is 2.30. The fourth-order valence-electron chi connectivity index (χ4n) is 1.38. The highest BCUT2D eigenvalue weighted by molar-refractivity contribution is 9.10. The molecular weight excluding hydrogens is 282 g/mol. The molecule has 0 bridgehead atoms. The molecule has 0 saturated carbocycles.